The van der Waals surface area contributed by atoms with Crippen LogP contribution in [-0.2, 0) is 16.6 Å². The first-order valence-electron chi connectivity index (χ1n) is 7.53. The van der Waals surface area contributed by atoms with Crippen LogP contribution in [0.25, 0.3) is 11.3 Å². The number of piperidine rings is 1. The zero-order chi connectivity index (χ0) is 16.4. The number of sulfonamides is 1. The van der Waals surface area contributed by atoms with E-state index in [1.54, 1.807) is 16.8 Å². The number of hydrogen-bond acceptors (Lipinski definition) is 4. The van der Waals surface area contributed by atoms with Gasteiger partial charge < -0.3 is 0 Å². The van der Waals surface area contributed by atoms with Crippen molar-refractivity contribution in [3.63, 3.8) is 0 Å². The van der Waals surface area contributed by atoms with E-state index in [0.717, 1.165) is 18.4 Å². The number of aromatic nitrogens is 3. The van der Waals surface area contributed by atoms with Crippen molar-refractivity contribution in [1.29, 1.82) is 0 Å². The van der Waals surface area contributed by atoms with Gasteiger partial charge in [-0.05, 0) is 43.0 Å². The first-order valence-corrected chi connectivity index (χ1v) is 9.38. The molecule has 23 heavy (non-hydrogen) atoms. The second-order valence-electron chi connectivity index (χ2n) is 5.94. The van der Waals surface area contributed by atoms with Gasteiger partial charge in [-0.15, -0.1) is 5.10 Å². The van der Waals surface area contributed by atoms with E-state index in [1.807, 2.05) is 6.20 Å². The monoisotopic (exact) mass is 338 g/mol. The molecule has 0 aliphatic carbocycles. The molecule has 8 heteroatoms. The summed E-state index contributed by atoms with van der Waals surface area (Å²) in [5.74, 6) is 0.106. The molecule has 0 bridgehead atoms. The third-order valence-corrected chi connectivity index (χ3v) is 5.47. The highest BCUT2D eigenvalue weighted by Gasteiger charge is 2.25. The molecule has 0 N–H and O–H groups in total. The van der Waals surface area contributed by atoms with Gasteiger partial charge in [0.2, 0.25) is 10.0 Å². The highest BCUT2D eigenvalue weighted by Crippen LogP contribution is 2.22. The molecule has 124 valence electrons. The highest BCUT2D eigenvalue weighted by atomic mass is 32.2. The van der Waals surface area contributed by atoms with E-state index >= 15 is 0 Å². The molecular formula is C15H19FN4O2S. The van der Waals surface area contributed by atoms with Crippen LogP contribution in [-0.4, -0.2) is 47.1 Å². The van der Waals surface area contributed by atoms with Crippen molar-refractivity contribution < 1.29 is 12.8 Å². The first kappa shape index (κ1) is 16.1. The predicted octanol–water partition coefficient (Wildman–Crippen LogP) is 1.76. The van der Waals surface area contributed by atoms with Gasteiger partial charge in [-0.2, -0.15) is 0 Å². The molecule has 1 aromatic heterocycles. The standard InChI is InChI=1S/C15H19FN4O2S/c1-23(21,22)20-8-6-12(7-9-20)10-19-11-15(17-18-19)13-2-4-14(16)5-3-13/h2-5,11-12H,6-10H2,1H3. The van der Waals surface area contributed by atoms with Gasteiger partial charge in [0.15, 0.2) is 0 Å². The summed E-state index contributed by atoms with van der Waals surface area (Å²) in [6, 6.07) is 6.15. The number of nitrogens with zero attached hydrogens (tertiary/aromatic N) is 4. The number of halogens is 1. The van der Waals surface area contributed by atoms with Crippen LogP contribution < -0.4 is 0 Å². The third-order valence-electron chi connectivity index (χ3n) is 4.17. The fourth-order valence-electron chi connectivity index (χ4n) is 2.83. The highest BCUT2D eigenvalue weighted by molar-refractivity contribution is 7.88. The minimum Gasteiger partial charge on any atom is -0.252 e. The minimum atomic E-state index is -3.09. The Labute approximate surface area is 135 Å². The van der Waals surface area contributed by atoms with E-state index in [2.05, 4.69) is 10.3 Å². The molecule has 2 heterocycles. The normalized spacial score (nSPS) is 17.5. The SMILES string of the molecule is CS(=O)(=O)N1CCC(Cn2cc(-c3ccc(F)cc3)nn2)CC1. The second-order valence-corrected chi connectivity index (χ2v) is 7.92. The maximum Gasteiger partial charge on any atom is 0.211 e. The fourth-order valence-corrected chi connectivity index (χ4v) is 3.70. The molecule has 3 rings (SSSR count). The fraction of sp³-hybridized carbons (Fsp3) is 0.467. The van der Waals surface area contributed by atoms with E-state index in [0.29, 0.717) is 31.2 Å². The average molecular weight is 338 g/mol. The lowest BCUT2D eigenvalue weighted by Crippen LogP contribution is -2.38. The molecule has 0 saturated carbocycles. The zero-order valence-electron chi connectivity index (χ0n) is 12.9. The summed E-state index contributed by atoms with van der Waals surface area (Å²) in [5.41, 5.74) is 1.53. The van der Waals surface area contributed by atoms with E-state index in [-0.39, 0.29) is 5.82 Å². The summed E-state index contributed by atoms with van der Waals surface area (Å²) < 4.78 is 39.3. The van der Waals surface area contributed by atoms with Gasteiger partial charge in [-0.25, -0.2) is 17.1 Å². The summed E-state index contributed by atoms with van der Waals surface area (Å²) in [4.78, 5) is 0. The van der Waals surface area contributed by atoms with Gasteiger partial charge in [0, 0.05) is 25.2 Å². The maximum absolute atomic E-state index is 12.9. The topological polar surface area (TPSA) is 68.1 Å². The lowest BCUT2D eigenvalue weighted by atomic mass is 9.98. The maximum atomic E-state index is 12.9. The third kappa shape index (κ3) is 3.94. The summed E-state index contributed by atoms with van der Waals surface area (Å²) in [6.07, 6.45) is 4.73. The molecule has 1 saturated heterocycles. The van der Waals surface area contributed by atoms with Crippen molar-refractivity contribution in [3.05, 3.63) is 36.3 Å². The van der Waals surface area contributed by atoms with Gasteiger partial charge in [-0.1, -0.05) is 5.21 Å². The van der Waals surface area contributed by atoms with Crippen molar-refractivity contribution >= 4 is 10.0 Å². The van der Waals surface area contributed by atoms with Gasteiger partial charge in [0.05, 0.1) is 12.5 Å². The van der Waals surface area contributed by atoms with Crippen molar-refractivity contribution in [2.75, 3.05) is 19.3 Å². The van der Waals surface area contributed by atoms with Gasteiger partial charge in [0.1, 0.15) is 11.5 Å². The molecule has 6 nitrogen and oxygen atoms in total. The van der Waals surface area contributed by atoms with E-state index in [4.69, 9.17) is 0 Å². The Hall–Kier alpha value is -1.80. The molecule has 0 unspecified atom stereocenters. The van der Waals surface area contributed by atoms with Crippen LogP contribution in [0.2, 0.25) is 0 Å². The summed E-state index contributed by atoms with van der Waals surface area (Å²) in [5, 5.41) is 8.24. The molecule has 0 spiro atoms. The van der Waals surface area contributed by atoms with E-state index in [9.17, 15) is 12.8 Å². The van der Waals surface area contributed by atoms with E-state index in [1.165, 1.54) is 22.7 Å². The molecule has 1 fully saturated rings. The molecule has 0 amide bonds. The largest absolute Gasteiger partial charge is 0.252 e. The van der Waals surface area contributed by atoms with Crippen LogP contribution in [0.3, 0.4) is 0 Å². The van der Waals surface area contributed by atoms with Crippen molar-refractivity contribution in [2.24, 2.45) is 5.92 Å². The zero-order valence-corrected chi connectivity index (χ0v) is 13.7. The van der Waals surface area contributed by atoms with Gasteiger partial charge >= 0.3 is 0 Å². The number of benzene rings is 1. The molecule has 1 aromatic carbocycles. The quantitative estimate of drug-likeness (QED) is 0.852. The molecular weight excluding hydrogens is 319 g/mol. The lowest BCUT2D eigenvalue weighted by Gasteiger charge is -2.29. The Bertz CT molecular complexity index is 765. The van der Waals surface area contributed by atoms with Crippen LogP contribution in [0, 0.1) is 11.7 Å². The summed E-state index contributed by atoms with van der Waals surface area (Å²) in [6.45, 7) is 1.83. The van der Waals surface area contributed by atoms with Gasteiger partial charge in [-0.3, -0.25) is 4.68 Å². The Kier molecular flexibility index (Phi) is 4.45. The molecule has 1 aliphatic rings. The summed E-state index contributed by atoms with van der Waals surface area (Å²) >= 11 is 0. The van der Waals surface area contributed by atoms with E-state index < -0.39 is 10.0 Å². The lowest BCUT2D eigenvalue weighted by molar-refractivity contribution is 0.247. The second kappa shape index (κ2) is 6.37. The molecule has 1 aliphatic heterocycles. The Morgan fingerprint density at radius 1 is 1.22 bits per heavy atom. The van der Waals surface area contributed by atoms with Gasteiger partial charge in [0.25, 0.3) is 0 Å². The van der Waals surface area contributed by atoms with Crippen LogP contribution in [0.5, 0.6) is 0 Å². The number of hydrogen-bond donors (Lipinski definition) is 0. The Balaban J connectivity index is 1.61. The molecule has 0 atom stereocenters. The van der Waals surface area contributed by atoms with Crippen molar-refractivity contribution in [3.8, 4) is 11.3 Å². The first-order chi connectivity index (χ1) is 10.9. The Morgan fingerprint density at radius 2 is 1.87 bits per heavy atom. The van der Waals surface area contributed by atoms with Crippen LogP contribution in [0.15, 0.2) is 30.5 Å². The van der Waals surface area contributed by atoms with Crippen molar-refractivity contribution in [2.45, 2.75) is 19.4 Å². The van der Waals surface area contributed by atoms with Crippen LogP contribution in [0.4, 0.5) is 4.39 Å². The molecule has 0 radical (unpaired) electrons. The smallest absolute Gasteiger partial charge is 0.211 e. The minimum absolute atomic E-state index is 0.279. The average Bonchev–Trinajstić information content (AvgIpc) is 2.96. The molecule has 2 aromatic rings. The van der Waals surface area contributed by atoms with Crippen LogP contribution >= 0.6 is 0 Å². The summed E-state index contributed by atoms with van der Waals surface area (Å²) in [7, 11) is -3.09. The Morgan fingerprint density at radius 3 is 2.48 bits per heavy atom. The number of rotatable bonds is 4. The van der Waals surface area contributed by atoms with Crippen LogP contribution in [0.1, 0.15) is 12.8 Å². The predicted molar refractivity (Wildman–Crippen MR) is 84.6 cm³/mol. The van der Waals surface area contributed by atoms with Crippen molar-refractivity contribution in [1.82, 2.24) is 19.3 Å².